The lowest BCUT2D eigenvalue weighted by Crippen LogP contribution is -2.61. The van der Waals surface area contributed by atoms with Gasteiger partial charge in [0.2, 0.25) is 0 Å². The lowest BCUT2D eigenvalue weighted by molar-refractivity contribution is 0.195. The van der Waals surface area contributed by atoms with Crippen LogP contribution in [0, 0.1) is 6.92 Å². The molecule has 8 aromatic carbocycles. The third-order valence-electron chi connectivity index (χ3n) is 17.1. The van der Waals surface area contributed by atoms with Gasteiger partial charge in [0.1, 0.15) is 0 Å². The summed E-state index contributed by atoms with van der Waals surface area (Å²) in [4.78, 5) is 8.02. The zero-order chi connectivity index (χ0) is 48.1. The van der Waals surface area contributed by atoms with E-state index in [1.165, 1.54) is 135 Å². The van der Waals surface area contributed by atoms with Gasteiger partial charge in [-0.15, -0.1) is 11.3 Å². The van der Waals surface area contributed by atoms with Crippen molar-refractivity contribution >= 4 is 100 Å². The van der Waals surface area contributed by atoms with E-state index in [-0.39, 0.29) is 28.5 Å². The van der Waals surface area contributed by atoms with Crippen molar-refractivity contribution in [3.05, 3.63) is 186 Å². The zero-order valence-electron chi connectivity index (χ0n) is 42.2. The highest BCUT2D eigenvalue weighted by Gasteiger charge is 2.58. The minimum Gasteiger partial charge on any atom is -0.334 e. The average molecular weight is 928 g/mol. The summed E-state index contributed by atoms with van der Waals surface area (Å²) < 4.78 is 2.65. The van der Waals surface area contributed by atoms with Crippen molar-refractivity contribution in [3.63, 3.8) is 0 Å². The van der Waals surface area contributed by atoms with Gasteiger partial charge >= 0.3 is 0 Å². The molecule has 1 saturated carbocycles. The molecule has 13 rings (SSSR count). The van der Waals surface area contributed by atoms with Crippen LogP contribution in [-0.2, 0) is 16.2 Å². The fourth-order valence-electron chi connectivity index (χ4n) is 13.2. The maximum absolute atomic E-state index is 2.77. The molecule has 9 aromatic rings. The van der Waals surface area contributed by atoms with Gasteiger partial charge in [-0.05, 0) is 154 Å². The smallest absolute Gasteiger partial charge is 0.252 e. The molecule has 2 atom stereocenters. The van der Waals surface area contributed by atoms with Gasteiger partial charge in [0.25, 0.3) is 6.71 Å². The standard InChI is InChI=1S/C65H62BN3S/c1-41-36-57-60-58(37-41)68(55-22-17-21-49-48-20-13-14-23-59(48)70-61(49)55)54-33-27-45(63(5,6)7)39-52(54)66(60)51-31-30-47(40-56(51)67(57)46-28-25-44(26-29-46)62(2,3)4)69-53-32-24-43(42-18-11-10-12-19-42)38-50(53)64(8)34-15-16-35-65(64,69)9/h10-14,17-33,36-40H,15-16,34-35H2,1-9H3. The number of fused-ring (bicyclic) bond motifs is 10. The number of rotatable bonds is 4. The number of hydrogen-bond donors (Lipinski definition) is 0. The van der Waals surface area contributed by atoms with E-state index < -0.39 is 0 Å². The SMILES string of the molecule is Cc1cc2c3c(c1)N(c1cccc4c1sc1ccccc14)c1ccc(C(C)(C)C)cc1B3c1ccc(N3c4ccc(-c5ccccc5)cc4C4(C)CCCCC34C)cc1N2c1ccc(C(C)(C)C)cc1. The van der Waals surface area contributed by atoms with Crippen molar-refractivity contribution in [1.29, 1.82) is 0 Å². The first-order chi connectivity index (χ1) is 33.6. The van der Waals surface area contributed by atoms with Crippen LogP contribution in [0.1, 0.15) is 103 Å². The van der Waals surface area contributed by atoms with E-state index >= 15 is 0 Å². The van der Waals surface area contributed by atoms with Crippen molar-refractivity contribution in [2.75, 3.05) is 14.7 Å². The van der Waals surface area contributed by atoms with Crippen LogP contribution >= 0.6 is 11.3 Å². The first-order valence-electron chi connectivity index (χ1n) is 25.7. The van der Waals surface area contributed by atoms with Crippen LogP contribution in [0.3, 0.4) is 0 Å². The maximum Gasteiger partial charge on any atom is 0.252 e. The number of aryl methyl sites for hydroxylation is 1. The summed E-state index contributed by atoms with van der Waals surface area (Å²) in [5, 5.41) is 2.64. The van der Waals surface area contributed by atoms with Crippen LogP contribution < -0.4 is 31.1 Å². The molecular formula is C65H62BN3S. The first-order valence-corrected chi connectivity index (χ1v) is 26.5. The molecule has 3 aliphatic heterocycles. The van der Waals surface area contributed by atoms with E-state index in [1.807, 2.05) is 11.3 Å². The molecule has 2 unspecified atom stereocenters. The van der Waals surface area contributed by atoms with E-state index in [1.54, 1.807) is 0 Å². The van der Waals surface area contributed by atoms with Gasteiger partial charge in [-0.1, -0.05) is 158 Å². The van der Waals surface area contributed by atoms with Gasteiger partial charge < -0.3 is 14.7 Å². The minimum absolute atomic E-state index is 0.00520. The third kappa shape index (κ3) is 6.26. The summed E-state index contributed by atoms with van der Waals surface area (Å²) in [6.07, 6.45) is 4.81. The van der Waals surface area contributed by atoms with E-state index in [0.717, 1.165) is 6.42 Å². The van der Waals surface area contributed by atoms with Crippen LogP contribution in [0.4, 0.5) is 45.5 Å². The number of thiophene rings is 1. The Morgan fingerprint density at radius 3 is 1.94 bits per heavy atom. The van der Waals surface area contributed by atoms with Crippen molar-refractivity contribution in [3.8, 4) is 11.1 Å². The van der Waals surface area contributed by atoms with Crippen LogP contribution in [0.25, 0.3) is 31.3 Å². The summed E-state index contributed by atoms with van der Waals surface area (Å²) in [6, 6.07) is 63.6. The number of hydrogen-bond acceptors (Lipinski definition) is 4. The fourth-order valence-corrected chi connectivity index (χ4v) is 14.4. The highest BCUT2D eigenvalue weighted by molar-refractivity contribution is 7.26. The second-order valence-corrected chi connectivity index (χ2v) is 24.4. The highest BCUT2D eigenvalue weighted by atomic mass is 32.1. The Kier molecular flexibility index (Phi) is 9.45. The molecule has 70 heavy (non-hydrogen) atoms. The fraction of sp³-hybridized carbons (Fsp3) is 0.262. The number of nitrogens with zero attached hydrogens (tertiary/aromatic N) is 3. The van der Waals surface area contributed by atoms with Gasteiger partial charge in [0.05, 0.1) is 15.9 Å². The Morgan fingerprint density at radius 1 is 0.500 bits per heavy atom. The Labute approximate surface area is 419 Å². The molecule has 346 valence electrons. The van der Waals surface area contributed by atoms with Gasteiger partial charge in [0.15, 0.2) is 0 Å². The van der Waals surface area contributed by atoms with Gasteiger partial charge in [0, 0.05) is 60.7 Å². The molecule has 1 aliphatic carbocycles. The average Bonchev–Trinajstić information content (AvgIpc) is 3.83. The first kappa shape index (κ1) is 43.5. The molecule has 5 heteroatoms. The van der Waals surface area contributed by atoms with Gasteiger partial charge in [-0.3, -0.25) is 0 Å². The summed E-state index contributed by atoms with van der Waals surface area (Å²) in [5.74, 6) is 0. The van der Waals surface area contributed by atoms with Crippen molar-refractivity contribution < 1.29 is 0 Å². The second kappa shape index (κ2) is 15.2. The molecule has 0 amide bonds. The molecule has 1 fully saturated rings. The molecule has 0 radical (unpaired) electrons. The Balaban J connectivity index is 1.08. The summed E-state index contributed by atoms with van der Waals surface area (Å²) in [5.41, 5.74) is 22.1. The van der Waals surface area contributed by atoms with Crippen LogP contribution in [0.2, 0.25) is 0 Å². The topological polar surface area (TPSA) is 9.72 Å². The lowest BCUT2D eigenvalue weighted by Gasteiger charge is -2.50. The molecular weight excluding hydrogens is 866 g/mol. The molecule has 0 bridgehead atoms. The van der Waals surface area contributed by atoms with E-state index in [9.17, 15) is 0 Å². The molecule has 0 saturated heterocycles. The van der Waals surface area contributed by atoms with E-state index in [2.05, 4.69) is 241 Å². The summed E-state index contributed by atoms with van der Waals surface area (Å²) >= 11 is 1.92. The van der Waals surface area contributed by atoms with Crippen molar-refractivity contribution in [1.82, 2.24) is 0 Å². The van der Waals surface area contributed by atoms with E-state index in [4.69, 9.17) is 0 Å². The van der Waals surface area contributed by atoms with Crippen molar-refractivity contribution in [2.45, 2.75) is 110 Å². The molecule has 0 N–H and O–H groups in total. The van der Waals surface area contributed by atoms with Gasteiger partial charge in [-0.2, -0.15) is 0 Å². The third-order valence-corrected chi connectivity index (χ3v) is 18.4. The van der Waals surface area contributed by atoms with Crippen LogP contribution in [-0.4, -0.2) is 12.3 Å². The highest BCUT2D eigenvalue weighted by Crippen LogP contribution is 2.62. The van der Waals surface area contributed by atoms with Gasteiger partial charge in [-0.25, -0.2) is 0 Å². The lowest BCUT2D eigenvalue weighted by atomic mass is 9.33. The largest absolute Gasteiger partial charge is 0.334 e. The molecule has 4 aliphatic rings. The normalized spacial score (nSPS) is 19.3. The number of benzene rings is 8. The predicted molar refractivity (Wildman–Crippen MR) is 304 cm³/mol. The maximum atomic E-state index is 2.77. The van der Waals surface area contributed by atoms with Crippen LogP contribution in [0.5, 0.6) is 0 Å². The predicted octanol–water partition coefficient (Wildman–Crippen LogP) is 16.4. The molecule has 3 nitrogen and oxygen atoms in total. The Morgan fingerprint density at radius 2 is 1.17 bits per heavy atom. The zero-order valence-corrected chi connectivity index (χ0v) is 43.1. The summed E-state index contributed by atoms with van der Waals surface area (Å²) in [7, 11) is 0. The number of anilines is 8. The quantitative estimate of drug-likeness (QED) is 0.163. The Hall–Kier alpha value is -6.56. The van der Waals surface area contributed by atoms with Crippen molar-refractivity contribution in [2.24, 2.45) is 0 Å². The van der Waals surface area contributed by atoms with E-state index in [0.29, 0.717) is 0 Å². The molecule has 1 aromatic heterocycles. The molecule has 0 spiro atoms. The van der Waals surface area contributed by atoms with Crippen LogP contribution in [0.15, 0.2) is 164 Å². The monoisotopic (exact) mass is 927 g/mol. The second-order valence-electron chi connectivity index (χ2n) is 23.4. The molecule has 4 heterocycles. The Bertz CT molecular complexity index is 3590. The minimum atomic E-state index is -0.0974. The summed E-state index contributed by atoms with van der Waals surface area (Å²) in [6.45, 7) is 21.5.